The van der Waals surface area contributed by atoms with E-state index in [1.807, 2.05) is 31.2 Å². The second-order valence-corrected chi connectivity index (χ2v) is 6.41. The minimum atomic E-state index is -0.322. The van der Waals surface area contributed by atoms with Crippen molar-refractivity contribution < 1.29 is 19.0 Å². The van der Waals surface area contributed by atoms with E-state index in [9.17, 15) is 4.79 Å². The van der Waals surface area contributed by atoms with Crippen LogP contribution in [0.25, 0.3) is 0 Å². The van der Waals surface area contributed by atoms with Gasteiger partial charge in [-0.05, 0) is 45.1 Å². The molecular weight excluding hydrogens is 342 g/mol. The Morgan fingerprint density at radius 2 is 1.79 bits per heavy atom. The van der Waals surface area contributed by atoms with E-state index in [0.717, 1.165) is 5.30 Å². The zero-order valence-electron chi connectivity index (χ0n) is 13.1. The van der Waals surface area contributed by atoms with Crippen LogP contribution in [-0.2, 0) is 4.74 Å². The van der Waals surface area contributed by atoms with Crippen LogP contribution in [0.3, 0.4) is 0 Å². The summed E-state index contributed by atoms with van der Waals surface area (Å²) < 4.78 is 15.8. The molecule has 7 heteroatoms. The maximum absolute atomic E-state index is 12.5. The quantitative estimate of drug-likeness (QED) is 0.432. The monoisotopic (exact) mass is 360 g/mol. The Labute approximate surface area is 160 Å². The number of hydrogen-bond acceptors (Lipinski definition) is 4. The van der Waals surface area contributed by atoms with E-state index in [1.165, 1.54) is 7.11 Å². The standard InChI is InChI=1S/C17H18ClO4P.Li.H/c1-11(20-2)22-12-7-9-13(10-8-12)23-17(19)16-14(18)5-4-6-15(16)21-3;;/h4-11,23H,1-3H3;;. The average Bonchev–Trinajstić information content (AvgIpc) is 2.56. The predicted octanol–water partition coefficient (Wildman–Crippen LogP) is 3.22. The van der Waals surface area contributed by atoms with Crippen molar-refractivity contribution in [3.63, 3.8) is 0 Å². The van der Waals surface area contributed by atoms with Crippen molar-refractivity contribution in [3.8, 4) is 11.5 Å². The van der Waals surface area contributed by atoms with Crippen LogP contribution in [0.5, 0.6) is 11.5 Å². The summed E-state index contributed by atoms with van der Waals surface area (Å²) in [5, 5.41) is 1.30. The average molecular weight is 361 g/mol. The van der Waals surface area contributed by atoms with E-state index in [0.29, 0.717) is 22.1 Å². The first-order valence-electron chi connectivity index (χ1n) is 6.98. The summed E-state index contributed by atoms with van der Waals surface area (Å²) in [6.07, 6.45) is -0.322. The van der Waals surface area contributed by atoms with E-state index >= 15 is 0 Å². The molecule has 0 N–H and O–H groups in total. The summed E-state index contributed by atoms with van der Waals surface area (Å²) in [4.78, 5) is 12.5. The molecule has 24 heavy (non-hydrogen) atoms. The third-order valence-corrected chi connectivity index (χ3v) is 4.58. The third-order valence-electron chi connectivity index (χ3n) is 3.17. The number of methoxy groups -OCH3 is 2. The van der Waals surface area contributed by atoms with Gasteiger partial charge in [0.15, 0.2) is 11.8 Å². The summed E-state index contributed by atoms with van der Waals surface area (Å²) in [6.45, 7) is 1.81. The van der Waals surface area contributed by atoms with E-state index < -0.39 is 0 Å². The number of carbonyl (C=O) groups excluding carboxylic acids is 1. The molecule has 2 unspecified atom stereocenters. The molecule has 0 amide bonds. The van der Waals surface area contributed by atoms with E-state index in [4.69, 9.17) is 25.8 Å². The second-order valence-electron chi connectivity index (χ2n) is 4.72. The van der Waals surface area contributed by atoms with Gasteiger partial charge in [-0.1, -0.05) is 29.8 Å². The van der Waals surface area contributed by atoms with Gasteiger partial charge in [-0.15, -0.1) is 0 Å². The molecule has 2 aromatic carbocycles. The number of ether oxygens (including phenoxy) is 3. The molecular formula is C17H19ClLiO4P. The summed E-state index contributed by atoms with van der Waals surface area (Å²) in [5.74, 6) is 1.18. The van der Waals surface area contributed by atoms with Crippen molar-refractivity contribution in [1.29, 1.82) is 0 Å². The molecule has 2 rings (SSSR count). The Bertz CT molecular complexity index is 679. The van der Waals surface area contributed by atoms with Crippen LogP contribution >= 0.6 is 20.2 Å². The normalized spacial score (nSPS) is 11.8. The SMILES string of the molecule is COc1cccc(Cl)c1C(=O)Pc1ccc(OC(C)OC)cc1.[LiH]. The summed E-state index contributed by atoms with van der Waals surface area (Å²) in [5.41, 5.74) is 0.356. The third kappa shape index (κ3) is 5.52. The summed E-state index contributed by atoms with van der Waals surface area (Å²) >= 11 is 6.14. The van der Waals surface area contributed by atoms with Crippen LogP contribution < -0.4 is 14.8 Å². The van der Waals surface area contributed by atoms with Crippen LogP contribution in [0.2, 0.25) is 5.02 Å². The van der Waals surface area contributed by atoms with Gasteiger partial charge in [-0.2, -0.15) is 0 Å². The Morgan fingerprint density at radius 3 is 2.38 bits per heavy atom. The Hall–Kier alpha value is -1.01. The second kappa shape index (κ2) is 10.1. The van der Waals surface area contributed by atoms with Crippen LogP contribution in [0.1, 0.15) is 17.3 Å². The van der Waals surface area contributed by atoms with Gasteiger partial charge < -0.3 is 14.2 Å². The Balaban J connectivity index is 0.00000288. The van der Waals surface area contributed by atoms with Crippen molar-refractivity contribution in [2.75, 3.05) is 14.2 Å². The fourth-order valence-electron chi connectivity index (χ4n) is 1.94. The first-order valence-corrected chi connectivity index (χ1v) is 8.36. The molecule has 0 aliphatic carbocycles. The molecule has 2 aromatic rings. The van der Waals surface area contributed by atoms with Gasteiger partial charge in [0.1, 0.15) is 11.5 Å². The van der Waals surface area contributed by atoms with Gasteiger partial charge in [-0.25, -0.2) is 0 Å². The number of rotatable bonds is 7. The zero-order chi connectivity index (χ0) is 16.8. The molecule has 0 spiro atoms. The number of carbonyl (C=O) groups is 1. The molecule has 0 aliphatic heterocycles. The van der Waals surface area contributed by atoms with Crippen LogP contribution in [0.4, 0.5) is 0 Å². The van der Waals surface area contributed by atoms with Crippen molar-refractivity contribution in [2.24, 2.45) is 0 Å². The van der Waals surface area contributed by atoms with E-state index in [2.05, 4.69) is 0 Å². The zero-order valence-corrected chi connectivity index (χ0v) is 14.9. The number of hydrogen-bond donors (Lipinski definition) is 0. The van der Waals surface area contributed by atoms with E-state index in [1.54, 1.807) is 25.3 Å². The maximum atomic E-state index is 12.5. The van der Waals surface area contributed by atoms with Crippen molar-refractivity contribution in [2.45, 2.75) is 13.2 Å². The van der Waals surface area contributed by atoms with E-state index in [-0.39, 0.29) is 39.3 Å². The number of halogens is 1. The fraction of sp³-hybridized carbons (Fsp3) is 0.235. The molecule has 124 valence electrons. The molecule has 0 bridgehead atoms. The minimum absolute atomic E-state index is 0. The molecule has 0 fully saturated rings. The van der Waals surface area contributed by atoms with Crippen LogP contribution in [0, 0.1) is 0 Å². The van der Waals surface area contributed by atoms with Gasteiger partial charge in [0.2, 0.25) is 0 Å². The van der Waals surface area contributed by atoms with Crippen molar-refractivity contribution in [1.82, 2.24) is 0 Å². The van der Waals surface area contributed by atoms with Crippen LogP contribution in [0.15, 0.2) is 42.5 Å². The van der Waals surface area contributed by atoms with Gasteiger partial charge in [0.05, 0.1) is 17.7 Å². The fourth-order valence-corrected chi connectivity index (χ4v) is 3.25. The molecule has 4 nitrogen and oxygen atoms in total. The topological polar surface area (TPSA) is 44.8 Å². The van der Waals surface area contributed by atoms with Gasteiger partial charge in [0.25, 0.3) is 0 Å². The first kappa shape index (κ1) is 21.0. The van der Waals surface area contributed by atoms with Crippen molar-refractivity contribution in [3.05, 3.63) is 53.1 Å². The van der Waals surface area contributed by atoms with Gasteiger partial charge in [0, 0.05) is 7.11 Å². The van der Waals surface area contributed by atoms with Crippen molar-refractivity contribution >= 4 is 49.9 Å². The molecule has 0 saturated heterocycles. The molecule has 0 heterocycles. The molecule has 0 saturated carbocycles. The molecule has 0 radical (unpaired) electrons. The van der Waals surface area contributed by atoms with Crippen LogP contribution in [-0.4, -0.2) is 44.9 Å². The Morgan fingerprint density at radius 1 is 1.12 bits per heavy atom. The predicted molar refractivity (Wildman–Crippen MR) is 101 cm³/mol. The van der Waals surface area contributed by atoms with Gasteiger partial charge in [-0.3, -0.25) is 4.79 Å². The summed E-state index contributed by atoms with van der Waals surface area (Å²) in [7, 11) is 3.06. The van der Waals surface area contributed by atoms with Gasteiger partial charge >= 0.3 is 18.9 Å². The summed E-state index contributed by atoms with van der Waals surface area (Å²) in [6, 6.07) is 12.5. The Kier molecular flexibility index (Phi) is 8.84. The molecule has 0 aliphatic rings. The number of benzene rings is 2. The molecule has 2 atom stereocenters. The molecule has 0 aromatic heterocycles. The first-order chi connectivity index (χ1) is 11.0.